The lowest BCUT2D eigenvalue weighted by atomic mass is 10.3. The van der Waals surface area contributed by atoms with Crippen LogP contribution in [0, 0.1) is 0 Å². The van der Waals surface area contributed by atoms with E-state index in [1.165, 1.54) is 12.8 Å². The predicted octanol–water partition coefficient (Wildman–Crippen LogP) is 2.00. The van der Waals surface area contributed by atoms with Crippen LogP contribution in [0.1, 0.15) is 33.1 Å². The molecule has 0 saturated heterocycles. The summed E-state index contributed by atoms with van der Waals surface area (Å²) in [5.41, 5.74) is 0. The number of guanidine groups is 1. The summed E-state index contributed by atoms with van der Waals surface area (Å²) >= 11 is 0. The smallest absolute Gasteiger partial charge is 0.191 e. The van der Waals surface area contributed by atoms with Gasteiger partial charge < -0.3 is 15.4 Å². The largest absolute Gasteiger partial charge is 0.385 e. The van der Waals surface area contributed by atoms with Crippen molar-refractivity contribution in [2.45, 2.75) is 33.1 Å². The van der Waals surface area contributed by atoms with Gasteiger partial charge >= 0.3 is 0 Å². The van der Waals surface area contributed by atoms with Crippen molar-refractivity contribution in [1.29, 1.82) is 0 Å². The maximum absolute atomic E-state index is 4.97. The second kappa shape index (κ2) is 15.0. The fraction of sp³-hybridized carbons (Fsp3) is 0.909. The van der Waals surface area contributed by atoms with Crippen molar-refractivity contribution < 1.29 is 4.74 Å². The molecule has 0 radical (unpaired) electrons. The van der Waals surface area contributed by atoms with Crippen LogP contribution in [0.2, 0.25) is 0 Å². The first-order valence-electron chi connectivity index (χ1n) is 5.86. The fourth-order valence-corrected chi connectivity index (χ4v) is 1.13. The molecule has 0 atom stereocenters. The van der Waals surface area contributed by atoms with Crippen LogP contribution in [0.4, 0.5) is 0 Å². The third-order valence-corrected chi connectivity index (χ3v) is 1.94. The van der Waals surface area contributed by atoms with Gasteiger partial charge in [-0.3, -0.25) is 4.99 Å². The van der Waals surface area contributed by atoms with E-state index < -0.39 is 0 Å². The number of methoxy groups -OCH3 is 1. The molecule has 0 aliphatic carbocycles. The van der Waals surface area contributed by atoms with Crippen LogP contribution in [-0.2, 0) is 4.74 Å². The molecule has 0 aliphatic rings. The molecule has 2 N–H and O–H groups in total. The van der Waals surface area contributed by atoms with Gasteiger partial charge in [-0.15, -0.1) is 24.0 Å². The molecule has 5 heteroatoms. The minimum Gasteiger partial charge on any atom is -0.385 e. The second-order valence-electron chi connectivity index (χ2n) is 3.39. The molecule has 0 aromatic carbocycles. The first-order chi connectivity index (χ1) is 7.35. The summed E-state index contributed by atoms with van der Waals surface area (Å²) in [5.74, 6) is 0.919. The van der Waals surface area contributed by atoms with Gasteiger partial charge in [0, 0.05) is 33.4 Å². The summed E-state index contributed by atoms with van der Waals surface area (Å²) in [6.07, 6.45) is 3.36. The van der Waals surface area contributed by atoms with Gasteiger partial charge in [0.05, 0.1) is 0 Å². The summed E-state index contributed by atoms with van der Waals surface area (Å²) in [5, 5.41) is 6.51. The molecule has 0 heterocycles. The Labute approximate surface area is 117 Å². The van der Waals surface area contributed by atoms with E-state index in [9.17, 15) is 0 Å². The molecule has 0 rings (SSSR count). The van der Waals surface area contributed by atoms with Gasteiger partial charge in [-0.25, -0.2) is 0 Å². The minimum atomic E-state index is 0. The lowest BCUT2D eigenvalue weighted by Crippen LogP contribution is -2.37. The highest BCUT2D eigenvalue weighted by Gasteiger charge is 1.94. The van der Waals surface area contributed by atoms with Gasteiger partial charge in [0.25, 0.3) is 0 Å². The molecule has 0 spiro atoms. The number of hydrogen-bond donors (Lipinski definition) is 2. The number of halogens is 1. The molecule has 0 fully saturated rings. The average molecular weight is 343 g/mol. The number of aliphatic imine (C=N–C) groups is 1. The van der Waals surface area contributed by atoms with Crippen LogP contribution >= 0.6 is 24.0 Å². The average Bonchev–Trinajstić information content (AvgIpc) is 2.24. The van der Waals surface area contributed by atoms with Crippen LogP contribution in [0.5, 0.6) is 0 Å². The Balaban J connectivity index is 0. The molecule has 0 bridgehead atoms. The lowest BCUT2D eigenvalue weighted by Gasteiger charge is -2.10. The Hall–Kier alpha value is -0.0400. The Morgan fingerprint density at radius 3 is 2.50 bits per heavy atom. The zero-order valence-corrected chi connectivity index (χ0v) is 13.0. The summed E-state index contributed by atoms with van der Waals surface area (Å²) < 4.78 is 4.97. The van der Waals surface area contributed by atoms with Gasteiger partial charge in [0.1, 0.15) is 0 Å². The molecule has 0 amide bonds. The van der Waals surface area contributed by atoms with E-state index in [1.807, 2.05) is 0 Å². The van der Waals surface area contributed by atoms with E-state index in [0.29, 0.717) is 0 Å². The molecule has 0 saturated carbocycles. The Morgan fingerprint density at radius 2 is 1.94 bits per heavy atom. The predicted molar refractivity (Wildman–Crippen MR) is 80.8 cm³/mol. The molecule has 0 aromatic heterocycles. The van der Waals surface area contributed by atoms with Gasteiger partial charge in [-0.2, -0.15) is 0 Å². The Kier molecular flexibility index (Phi) is 17.1. The highest BCUT2D eigenvalue weighted by atomic mass is 127. The van der Waals surface area contributed by atoms with Crippen LogP contribution in [-0.4, -0.2) is 39.3 Å². The van der Waals surface area contributed by atoms with Gasteiger partial charge in [0.15, 0.2) is 5.96 Å². The molecule has 0 unspecified atom stereocenters. The highest BCUT2D eigenvalue weighted by molar-refractivity contribution is 14.0. The van der Waals surface area contributed by atoms with E-state index in [2.05, 4.69) is 29.5 Å². The SMILES string of the molecule is CCCCNC(=NCCCOC)NCC.I. The van der Waals surface area contributed by atoms with Gasteiger partial charge in [0.2, 0.25) is 0 Å². The summed E-state index contributed by atoms with van der Waals surface area (Å²) in [7, 11) is 1.72. The van der Waals surface area contributed by atoms with Crippen LogP contribution < -0.4 is 10.6 Å². The molecule has 98 valence electrons. The number of nitrogens with zero attached hydrogens (tertiary/aromatic N) is 1. The number of unbranched alkanes of at least 4 members (excludes halogenated alkanes) is 1. The van der Waals surface area contributed by atoms with Crippen molar-refractivity contribution in [2.75, 3.05) is 33.4 Å². The molecular weight excluding hydrogens is 317 g/mol. The van der Waals surface area contributed by atoms with Crippen LogP contribution in [0.3, 0.4) is 0 Å². The maximum Gasteiger partial charge on any atom is 0.191 e. The van der Waals surface area contributed by atoms with Crippen molar-refractivity contribution in [2.24, 2.45) is 4.99 Å². The minimum absolute atomic E-state index is 0. The second-order valence-corrected chi connectivity index (χ2v) is 3.39. The molecule has 0 aromatic rings. The number of nitrogens with one attached hydrogen (secondary N) is 2. The monoisotopic (exact) mass is 343 g/mol. The maximum atomic E-state index is 4.97. The first-order valence-corrected chi connectivity index (χ1v) is 5.86. The van der Waals surface area contributed by atoms with Gasteiger partial charge in [-0.1, -0.05) is 13.3 Å². The highest BCUT2D eigenvalue weighted by Crippen LogP contribution is 1.85. The topological polar surface area (TPSA) is 45.7 Å². The van der Waals surface area contributed by atoms with E-state index in [0.717, 1.165) is 38.6 Å². The summed E-state index contributed by atoms with van der Waals surface area (Å²) in [6, 6.07) is 0. The third-order valence-electron chi connectivity index (χ3n) is 1.94. The van der Waals surface area contributed by atoms with Crippen molar-refractivity contribution in [3.8, 4) is 0 Å². The van der Waals surface area contributed by atoms with Crippen molar-refractivity contribution >= 4 is 29.9 Å². The molecule has 0 aliphatic heterocycles. The van der Waals surface area contributed by atoms with Crippen LogP contribution in [0.25, 0.3) is 0 Å². The molecule has 16 heavy (non-hydrogen) atoms. The Morgan fingerprint density at radius 1 is 1.19 bits per heavy atom. The number of ether oxygens (including phenoxy) is 1. The summed E-state index contributed by atoms with van der Waals surface area (Å²) in [6.45, 7) is 7.75. The van der Waals surface area contributed by atoms with E-state index >= 15 is 0 Å². The first kappa shape index (κ1) is 18.3. The number of rotatable bonds is 8. The van der Waals surface area contributed by atoms with Crippen LogP contribution in [0.15, 0.2) is 4.99 Å². The van der Waals surface area contributed by atoms with Crippen molar-refractivity contribution in [3.05, 3.63) is 0 Å². The normalized spacial score (nSPS) is 10.8. The van der Waals surface area contributed by atoms with Crippen molar-refractivity contribution in [3.63, 3.8) is 0 Å². The lowest BCUT2D eigenvalue weighted by molar-refractivity contribution is 0.197. The van der Waals surface area contributed by atoms with Crippen molar-refractivity contribution in [1.82, 2.24) is 10.6 Å². The van der Waals surface area contributed by atoms with E-state index in [1.54, 1.807) is 7.11 Å². The standard InChI is InChI=1S/C11H25N3O.HI/c1-4-6-8-13-11(12-5-2)14-9-7-10-15-3;/h4-10H2,1-3H3,(H2,12,13,14);1H. The van der Waals surface area contributed by atoms with E-state index in [4.69, 9.17) is 4.74 Å². The van der Waals surface area contributed by atoms with E-state index in [-0.39, 0.29) is 24.0 Å². The fourth-order valence-electron chi connectivity index (χ4n) is 1.13. The quantitative estimate of drug-likeness (QED) is 0.307. The third kappa shape index (κ3) is 12.0. The zero-order chi connectivity index (χ0) is 11.4. The van der Waals surface area contributed by atoms with Gasteiger partial charge in [-0.05, 0) is 19.8 Å². The summed E-state index contributed by atoms with van der Waals surface area (Å²) in [4.78, 5) is 4.44. The molecular formula is C11H26IN3O. The zero-order valence-electron chi connectivity index (χ0n) is 10.7. The number of hydrogen-bond acceptors (Lipinski definition) is 2. The Bertz CT molecular complexity index is 165. The molecule has 4 nitrogen and oxygen atoms in total.